The summed E-state index contributed by atoms with van der Waals surface area (Å²) in [6, 6.07) is 21.1. The quantitative estimate of drug-likeness (QED) is 0.619. The van der Waals surface area contributed by atoms with Gasteiger partial charge in [0.05, 0.1) is 0 Å². The molecule has 0 heterocycles. The molecule has 2 aromatic carbocycles. The van der Waals surface area contributed by atoms with Crippen molar-refractivity contribution in [2.45, 2.75) is 32.1 Å². The fourth-order valence-electron chi connectivity index (χ4n) is 2.36. The van der Waals surface area contributed by atoms with Crippen LogP contribution >= 0.6 is 0 Å². The number of rotatable bonds is 7. The molecule has 0 aliphatic carbocycles. The maximum Gasteiger partial charge on any atom is 0.0458 e. The van der Waals surface area contributed by atoms with Gasteiger partial charge in [-0.3, -0.25) is 4.99 Å². The van der Waals surface area contributed by atoms with Crippen molar-refractivity contribution in [3.63, 3.8) is 0 Å². The summed E-state index contributed by atoms with van der Waals surface area (Å²) in [5.74, 6) is 0.538. The molecule has 1 heteroatoms. The van der Waals surface area contributed by atoms with Gasteiger partial charge in [-0.25, -0.2) is 0 Å². The molecule has 1 nitrogen and oxygen atoms in total. The number of benzene rings is 2. The van der Waals surface area contributed by atoms with Crippen molar-refractivity contribution >= 4 is 6.21 Å². The molecule has 0 saturated heterocycles. The van der Waals surface area contributed by atoms with Gasteiger partial charge in [-0.05, 0) is 17.5 Å². The lowest BCUT2D eigenvalue weighted by Gasteiger charge is -2.14. The maximum absolute atomic E-state index is 4.65. The number of nitrogens with zero attached hydrogens (tertiary/aromatic N) is 1. The molecule has 0 aliphatic rings. The minimum Gasteiger partial charge on any atom is -0.292 e. The lowest BCUT2D eigenvalue weighted by Crippen LogP contribution is -2.03. The van der Waals surface area contributed by atoms with Crippen molar-refractivity contribution < 1.29 is 0 Å². The van der Waals surface area contributed by atoms with E-state index < -0.39 is 0 Å². The van der Waals surface area contributed by atoms with Crippen molar-refractivity contribution in [2.24, 2.45) is 4.99 Å². The molecule has 0 amide bonds. The highest BCUT2D eigenvalue weighted by molar-refractivity contribution is 5.79. The van der Waals surface area contributed by atoms with Crippen LogP contribution in [0, 0.1) is 0 Å². The standard InChI is InChI=1S/C19H23N/c1-2-3-12-19(18-13-8-5-9-14-18)16-20-15-17-10-6-4-7-11-17/h4-11,13-15,19H,2-3,12,16H2,1H3/t19-/m0/s1. The molecule has 104 valence electrons. The smallest absolute Gasteiger partial charge is 0.0458 e. The first kappa shape index (κ1) is 14.5. The summed E-state index contributed by atoms with van der Waals surface area (Å²) >= 11 is 0. The van der Waals surface area contributed by atoms with Crippen molar-refractivity contribution in [3.8, 4) is 0 Å². The zero-order chi connectivity index (χ0) is 14.0. The molecule has 1 atom stereocenters. The summed E-state index contributed by atoms with van der Waals surface area (Å²) in [7, 11) is 0. The van der Waals surface area contributed by atoms with E-state index in [1.807, 2.05) is 24.4 Å². The number of hydrogen-bond acceptors (Lipinski definition) is 1. The van der Waals surface area contributed by atoms with E-state index in [0.717, 1.165) is 6.54 Å². The van der Waals surface area contributed by atoms with Crippen LogP contribution in [0.3, 0.4) is 0 Å². The lowest BCUT2D eigenvalue weighted by atomic mass is 9.94. The Morgan fingerprint density at radius 1 is 0.950 bits per heavy atom. The Balaban J connectivity index is 1.99. The minimum absolute atomic E-state index is 0.538. The average molecular weight is 265 g/mol. The van der Waals surface area contributed by atoms with E-state index in [2.05, 4.69) is 54.4 Å². The molecule has 2 aromatic rings. The molecule has 0 saturated carbocycles. The van der Waals surface area contributed by atoms with E-state index in [4.69, 9.17) is 0 Å². The third-order valence-electron chi connectivity index (χ3n) is 3.54. The predicted octanol–water partition coefficient (Wildman–Crippen LogP) is 5.08. The maximum atomic E-state index is 4.65. The largest absolute Gasteiger partial charge is 0.292 e. The van der Waals surface area contributed by atoms with Crippen LogP contribution < -0.4 is 0 Å². The zero-order valence-electron chi connectivity index (χ0n) is 12.2. The normalized spacial score (nSPS) is 12.7. The molecule has 0 aromatic heterocycles. The van der Waals surface area contributed by atoms with Gasteiger partial charge in [-0.15, -0.1) is 0 Å². The van der Waals surface area contributed by atoms with Gasteiger partial charge in [0, 0.05) is 18.7 Å². The summed E-state index contributed by atoms with van der Waals surface area (Å²) in [5, 5.41) is 0. The topological polar surface area (TPSA) is 12.4 Å². The molecular weight excluding hydrogens is 242 g/mol. The van der Waals surface area contributed by atoms with Crippen molar-refractivity contribution in [2.75, 3.05) is 6.54 Å². The van der Waals surface area contributed by atoms with E-state index in [1.165, 1.54) is 30.4 Å². The predicted molar refractivity (Wildman–Crippen MR) is 87.6 cm³/mol. The van der Waals surface area contributed by atoms with E-state index >= 15 is 0 Å². The molecule has 0 aliphatic heterocycles. The Hall–Kier alpha value is -1.89. The first-order valence-electron chi connectivity index (χ1n) is 7.50. The van der Waals surface area contributed by atoms with Crippen LogP contribution in [-0.4, -0.2) is 12.8 Å². The fourth-order valence-corrected chi connectivity index (χ4v) is 2.36. The van der Waals surface area contributed by atoms with Crippen LogP contribution in [0.25, 0.3) is 0 Å². The van der Waals surface area contributed by atoms with Crippen LogP contribution in [0.1, 0.15) is 43.2 Å². The van der Waals surface area contributed by atoms with E-state index in [1.54, 1.807) is 0 Å². The summed E-state index contributed by atoms with van der Waals surface area (Å²) in [4.78, 5) is 4.65. The van der Waals surface area contributed by atoms with Crippen LogP contribution in [-0.2, 0) is 0 Å². The molecular formula is C19H23N. The van der Waals surface area contributed by atoms with Crippen molar-refractivity contribution in [3.05, 3.63) is 71.8 Å². The second kappa shape index (κ2) is 8.31. The third kappa shape index (κ3) is 4.65. The van der Waals surface area contributed by atoms with E-state index in [9.17, 15) is 0 Å². The lowest BCUT2D eigenvalue weighted by molar-refractivity contribution is 0.593. The van der Waals surface area contributed by atoms with Gasteiger partial charge in [0.2, 0.25) is 0 Å². The third-order valence-corrected chi connectivity index (χ3v) is 3.54. The van der Waals surface area contributed by atoms with E-state index in [0.29, 0.717) is 5.92 Å². The van der Waals surface area contributed by atoms with Gasteiger partial charge in [0.15, 0.2) is 0 Å². The molecule has 0 fully saturated rings. The fraction of sp³-hybridized carbons (Fsp3) is 0.316. The number of aliphatic imine (C=N–C) groups is 1. The van der Waals surface area contributed by atoms with E-state index in [-0.39, 0.29) is 0 Å². The first-order valence-corrected chi connectivity index (χ1v) is 7.50. The van der Waals surface area contributed by atoms with Gasteiger partial charge in [-0.1, -0.05) is 80.4 Å². The highest BCUT2D eigenvalue weighted by atomic mass is 14.7. The Morgan fingerprint density at radius 3 is 2.25 bits per heavy atom. The Morgan fingerprint density at radius 2 is 1.60 bits per heavy atom. The molecule has 2 rings (SSSR count). The monoisotopic (exact) mass is 265 g/mol. The molecule has 0 radical (unpaired) electrons. The second-order valence-corrected chi connectivity index (χ2v) is 5.15. The summed E-state index contributed by atoms with van der Waals surface area (Å²) in [5.41, 5.74) is 2.58. The number of unbranched alkanes of at least 4 members (excludes halogenated alkanes) is 1. The summed E-state index contributed by atoms with van der Waals surface area (Å²) in [6.45, 7) is 3.12. The Kier molecular flexibility index (Phi) is 6.04. The van der Waals surface area contributed by atoms with Crippen molar-refractivity contribution in [1.29, 1.82) is 0 Å². The SMILES string of the molecule is CCCC[C@@H](CN=Cc1ccccc1)c1ccccc1. The van der Waals surface area contributed by atoms with Crippen LogP contribution in [0.4, 0.5) is 0 Å². The molecule has 0 bridgehead atoms. The van der Waals surface area contributed by atoms with Gasteiger partial charge in [0.25, 0.3) is 0 Å². The Bertz CT molecular complexity index is 502. The van der Waals surface area contributed by atoms with Crippen LogP contribution in [0.2, 0.25) is 0 Å². The molecule has 0 spiro atoms. The van der Waals surface area contributed by atoms with Gasteiger partial charge in [0.1, 0.15) is 0 Å². The summed E-state index contributed by atoms with van der Waals surface area (Å²) in [6.07, 6.45) is 5.71. The van der Waals surface area contributed by atoms with Crippen LogP contribution in [0.5, 0.6) is 0 Å². The molecule has 20 heavy (non-hydrogen) atoms. The molecule has 0 N–H and O–H groups in total. The molecule has 0 unspecified atom stereocenters. The average Bonchev–Trinajstić information content (AvgIpc) is 2.52. The van der Waals surface area contributed by atoms with Gasteiger partial charge in [-0.2, -0.15) is 0 Å². The van der Waals surface area contributed by atoms with Gasteiger partial charge < -0.3 is 0 Å². The highest BCUT2D eigenvalue weighted by Gasteiger charge is 2.09. The van der Waals surface area contributed by atoms with Crippen LogP contribution in [0.15, 0.2) is 65.7 Å². The number of hydrogen-bond donors (Lipinski definition) is 0. The zero-order valence-corrected chi connectivity index (χ0v) is 12.2. The summed E-state index contributed by atoms with van der Waals surface area (Å²) < 4.78 is 0. The Labute approximate surface area is 122 Å². The van der Waals surface area contributed by atoms with Gasteiger partial charge >= 0.3 is 0 Å². The highest BCUT2D eigenvalue weighted by Crippen LogP contribution is 2.22. The second-order valence-electron chi connectivity index (χ2n) is 5.15. The van der Waals surface area contributed by atoms with Crippen molar-refractivity contribution in [1.82, 2.24) is 0 Å². The first-order chi connectivity index (χ1) is 9.90. The minimum atomic E-state index is 0.538.